The van der Waals surface area contributed by atoms with Crippen LogP contribution in [-0.2, 0) is 21.4 Å². The lowest BCUT2D eigenvalue weighted by molar-refractivity contribution is -0.385. The molecule has 2 heterocycles. The summed E-state index contributed by atoms with van der Waals surface area (Å²) in [4.78, 5) is 24.0. The van der Waals surface area contributed by atoms with Crippen molar-refractivity contribution in [2.75, 3.05) is 18.9 Å². The van der Waals surface area contributed by atoms with E-state index in [0.29, 0.717) is 17.9 Å². The lowest BCUT2D eigenvalue weighted by Gasteiger charge is -2.11. The molecule has 0 saturated carbocycles. The van der Waals surface area contributed by atoms with Crippen LogP contribution < -0.4 is 5.32 Å². The average Bonchev–Trinajstić information content (AvgIpc) is 3.30. The summed E-state index contributed by atoms with van der Waals surface area (Å²) in [6.07, 6.45) is 3.83. The molecule has 12 heteroatoms. The van der Waals surface area contributed by atoms with Crippen LogP contribution in [0, 0.1) is 10.1 Å². The predicted octanol–water partition coefficient (Wildman–Crippen LogP) is 1.63. The number of carbonyl (C=O) groups is 1. The Morgan fingerprint density at radius 2 is 2.21 bits per heavy atom. The van der Waals surface area contributed by atoms with Gasteiger partial charge in [0, 0.05) is 38.7 Å². The van der Waals surface area contributed by atoms with E-state index in [-0.39, 0.29) is 29.5 Å². The number of amidine groups is 1. The van der Waals surface area contributed by atoms with Gasteiger partial charge in [0.2, 0.25) is 5.91 Å². The number of aryl methyl sites for hydroxylation is 1. The second-order valence-corrected chi connectivity index (χ2v) is 8.16. The molecule has 1 aliphatic rings. The van der Waals surface area contributed by atoms with Gasteiger partial charge in [0.25, 0.3) is 10.0 Å². The Labute approximate surface area is 167 Å². The Balaban J connectivity index is 1.64. The van der Waals surface area contributed by atoms with E-state index in [2.05, 4.69) is 14.8 Å². The second-order valence-electron chi connectivity index (χ2n) is 6.55. The molecule has 0 atom stereocenters. The molecule has 1 aromatic heterocycles. The zero-order valence-corrected chi connectivity index (χ0v) is 16.5. The number of carbonyl (C=O) groups excluding carboxylic acids is 1. The highest BCUT2D eigenvalue weighted by Crippen LogP contribution is 2.20. The largest absolute Gasteiger partial charge is 0.362 e. The fraction of sp³-hybridized carbons (Fsp3) is 0.353. The van der Waals surface area contributed by atoms with Gasteiger partial charge in [0.05, 0.1) is 9.82 Å². The van der Waals surface area contributed by atoms with Gasteiger partial charge in [-0.15, -0.1) is 4.40 Å². The second kappa shape index (κ2) is 8.39. The molecule has 0 bridgehead atoms. The lowest BCUT2D eigenvalue weighted by atomic mass is 10.3. The van der Waals surface area contributed by atoms with Crippen molar-refractivity contribution in [3.8, 4) is 0 Å². The van der Waals surface area contributed by atoms with Crippen LogP contribution in [0.5, 0.6) is 0 Å². The number of hydrogen-bond donors (Lipinski definition) is 1. The SMILES string of the molecule is CN1CCC/C1=N\S(=O)(=O)c1cccc(NC(=O)CCn2cc([N+](=O)[O-])cn2)c1. The predicted molar refractivity (Wildman–Crippen MR) is 105 cm³/mol. The molecule has 1 aliphatic heterocycles. The minimum atomic E-state index is -3.88. The van der Waals surface area contributed by atoms with Crippen LogP contribution in [0.2, 0.25) is 0 Å². The summed E-state index contributed by atoms with van der Waals surface area (Å²) < 4.78 is 30.3. The van der Waals surface area contributed by atoms with E-state index in [1.807, 2.05) is 4.90 Å². The van der Waals surface area contributed by atoms with Crippen molar-refractivity contribution < 1.29 is 18.1 Å². The maximum Gasteiger partial charge on any atom is 0.306 e. The van der Waals surface area contributed by atoms with Crippen LogP contribution in [0.25, 0.3) is 0 Å². The third-order valence-corrected chi connectivity index (χ3v) is 5.67. The molecule has 0 radical (unpaired) electrons. The summed E-state index contributed by atoms with van der Waals surface area (Å²) in [7, 11) is -2.08. The summed E-state index contributed by atoms with van der Waals surface area (Å²) >= 11 is 0. The third-order valence-electron chi connectivity index (χ3n) is 4.37. The van der Waals surface area contributed by atoms with Gasteiger partial charge in [-0.25, -0.2) is 0 Å². The van der Waals surface area contributed by atoms with E-state index < -0.39 is 14.9 Å². The first-order chi connectivity index (χ1) is 13.7. The molecule has 1 amide bonds. The van der Waals surface area contributed by atoms with Gasteiger partial charge in [-0.2, -0.15) is 13.5 Å². The van der Waals surface area contributed by atoms with E-state index in [1.165, 1.54) is 29.1 Å². The normalized spacial score (nSPS) is 15.6. The Hall–Kier alpha value is -3.28. The van der Waals surface area contributed by atoms with Crippen molar-refractivity contribution in [3.63, 3.8) is 0 Å². The third kappa shape index (κ3) is 5.16. The quantitative estimate of drug-likeness (QED) is 0.530. The zero-order valence-electron chi connectivity index (χ0n) is 15.7. The zero-order chi connectivity index (χ0) is 21.0. The highest BCUT2D eigenvalue weighted by molar-refractivity contribution is 7.90. The number of aromatic nitrogens is 2. The fourth-order valence-electron chi connectivity index (χ4n) is 2.84. The van der Waals surface area contributed by atoms with Crippen LogP contribution in [0.1, 0.15) is 19.3 Å². The fourth-order valence-corrected chi connectivity index (χ4v) is 3.98. The van der Waals surface area contributed by atoms with Crippen LogP contribution >= 0.6 is 0 Å². The first kappa shape index (κ1) is 20.5. The van der Waals surface area contributed by atoms with E-state index in [4.69, 9.17) is 0 Å². The number of amides is 1. The van der Waals surface area contributed by atoms with Gasteiger partial charge in [-0.3, -0.25) is 19.6 Å². The molecule has 2 aromatic rings. The Kier molecular flexibility index (Phi) is 5.92. The van der Waals surface area contributed by atoms with Gasteiger partial charge in [-0.1, -0.05) is 6.07 Å². The molecule has 0 spiro atoms. The van der Waals surface area contributed by atoms with Crippen molar-refractivity contribution in [1.29, 1.82) is 0 Å². The Morgan fingerprint density at radius 1 is 1.41 bits per heavy atom. The number of anilines is 1. The molecule has 1 N–H and O–H groups in total. The van der Waals surface area contributed by atoms with Gasteiger partial charge in [-0.05, 0) is 24.6 Å². The Morgan fingerprint density at radius 3 is 2.86 bits per heavy atom. The summed E-state index contributed by atoms with van der Waals surface area (Å²) in [5.74, 6) is 0.146. The molecular formula is C17H20N6O5S. The Bertz CT molecular complexity index is 1060. The van der Waals surface area contributed by atoms with Crippen LogP contribution in [0.15, 0.2) is 46.0 Å². The maximum atomic E-state index is 12.5. The van der Waals surface area contributed by atoms with E-state index in [1.54, 1.807) is 13.1 Å². The van der Waals surface area contributed by atoms with Gasteiger partial charge in [0.15, 0.2) is 0 Å². The first-order valence-corrected chi connectivity index (χ1v) is 10.3. The van der Waals surface area contributed by atoms with Gasteiger partial charge >= 0.3 is 5.69 Å². The maximum absolute atomic E-state index is 12.5. The van der Waals surface area contributed by atoms with Crippen LogP contribution in [-0.4, -0.2) is 53.4 Å². The van der Waals surface area contributed by atoms with Crippen molar-refractivity contribution in [1.82, 2.24) is 14.7 Å². The molecule has 1 saturated heterocycles. The standard InChI is InChI=1S/C17H20N6O5S/c1-21-8-3-6-16(21)20-29(27,28)15-5-2-4-13(10-15)19-17(24)7-9-22-12-14(11-18-22)23(25)26/h2,4-5,10-12H,3,6-9H2,1H3,(H,19,24)/b20-16+. The molecule has 154 valence electrons. The van der Waals surface area contributed by atoms with Crippen molar-refractivity contribution in [2.24, 2.45) is 4.40 Å². The first-order valence-electron chi connectivity index (χ1n) is 8.86. The van der Waals surface area contributed by atoms with Crippen molar-refractivity contribution >= 4 is 33.1 Å². The number of nitrogens with one attached hydrogen (secondary N) is 1. The van der Waals surface area contributed by atoms with E-state index >= 15 is 0 Å². The number of hydrogen-bond acceptors (Lipinski definition) is 6. The molecule has 3 rings (SSSR count). The van der Waals surface area contributed by atoms with Crippen LogP contribution in [0.4, 0.5) is 11.4 Å². The summed E-state index contributed by atoms with van der Waals surface area (Å²) in [5, 5.41) is 17.1. The molecular weight excluding hydrogens is 400 g/mol. The molecule has 29 heavy (non-hydrogen) atoms. The number of benzene rings is 1. The number of likely N-dealkylation sites (tertiary alicyclic amines) is 1. The minimum Gasteiger partial charge on any atom is -0.362 e. The highest BCUT2D eigenvalue weighted by atomic mass is 32.2. The number of rotatable bonds is 7. The van der Waals surface area contributed by atoms with Crippen LogP contribution in [0.3, 0.4) is 0 Å². The summed E-state index contributed by atoms with van der Waals surface area (Å²) in [6.45, 7) is 0.918. The summed E-state index contributed by atoms with van der Waals surface area (Å²) in [6, 6.07) is 5.88. The lowest BCUT2D eigenvalue weighted by Crippen LogP contribution is -2.20. The van der Waals surface area contributed by atoms with Gasteiger partial charge < -0.3 is 10.2 Å². The molecule has 1 fully saturated rings. The molecule has 1 aromatic carbocycles. The topological polar surface area (TPSA) is 140 Å². The number of nitro groups is 1. The van der Waals surface area contributed by atoms with E-state index in [0.717, 1.165) is 19.2 Å². The van der Waals surface area contributed by atoms with Gasteiger partial charge in [0.1, 0.15) is 18.2 Å². The van der Waals surface area contributed by atoms with Crippen molar-refractivity contribution in [3.05, 3.63) is 46.8 Å². The molecule has 0 unspecified atom stereocenters. The molecule has 11 nitrogen and oxygen atoms in total. The smallest absolute Gasteiger partial charge is 0.306 e. The van der Waals surface area contributed by atoms with E-state index in [9.17, 15) is 23.3 Å². The molecule has 0 aliphatic carbocycles. The van der Waals surface area contributed by atoms with Crippen molar-refractivity contribution in [2.45, 2.75) is 30.7 Å². The average molecular weight is 420 g/mol. The summed E-state index contributed by atoms with van der Waals surface area (Å²) in [5.41, 5.74) is 0.167. The highest BCUT2D eigenvalue weighted by Gasteiger charge is 2.20. The monoisotopic (exact) mass is 420 g/mol. The minimum absolute atomic E-state index is 0.00852. The number of sulfonamides is 1. The number of nitrogens with zero attached hydrogens (tertiary/aromatic N) is 5.